The second kappa shape index (κ2) is 23.0. The summed E-state index contributed by atoms with van der Waals surface area (Å²) in [6.45, 7) is 24.5. The fourth-order valence-electron chi connectivity index (χ4n) is 8.22. The summed E-state index contributed by atoms with van der Waals surface area (Å²) in [6.07, 6.45) is -4.70. The molecule has 0 saturated heterocycles. The molecule has 2 aliphatic rings. The molecule has 2 heterocycles. The Morgan fingerprint density at radius 1 is 0.439 bits per heavy atom. The lowest BCUT2D eigenvalue weighted by Gasteiger charge is -2.33. The maximum absolute atomic E-state index is 14.7. The number of fused-ring (bicyclic) bond motifs is 4. The van der Waals surface area contributed by atoms with E-state index >= 15 is 0 Å². The van der Waals surface area contributed by atoms with Gasteiger partial charge in [0.2, 0.25) is 11.8 Å². The average Bonchev–Trinajstić information content (AvgIpc) is 2.88. The van der Waals surface area contributed by atoms with Crippen LogP contribution in [0.3, 0.4) is 0 Å². The number of nitrogens with zero attached hydrogens (tertiary/aromatic N) is 6. The van der Waals surface area contributed by atoms with Crippen LogP contribution < -0.4 is 49.3 Å². The van der Waals surface area contributed by atoms with Gasteiger partial charge in [0, 0.05) is 49.2 Å². The van der Waals surface area contributed by atoms with Crippen LogP contribution in [0.15, 0.2) is 94.9 Å². The van der Waals surface area contributed by atoms with Gasteiger partial charge in [-0.05, 0) is 121 Å². The first kappa shape index (κ1) is 60.3. The third kappa shape index (κ3) is 13.3. The Labute approximate surface area is 474 Å². The maximum Gasteiger partial charge on any atom is 0.422 e. The van der Waals surface area contributed by atoms with E-state index in [0.29, 0.717) is 9.80 Å². The van der Waals surface area contributed by atoms with Crippen LogP contribution in [-0.4, -0.2) is 83.6 Å². The molecule has 22 heteroatoms. The number of imide groups is 4. The Morgan fingerprint density at radius 2 is 0.732 bits per heavy atom. The second-order valence-electron chi connectivity index (χ2n) is 22.6. The molecule has 5 aromatic carbocycles. The summed E-state index contributed by atoms with van der Waals surface area (Å²) in [5, 5.41) is -0.868. The van der Waals surface area contributed by atoms with Gasteiger partial charge in [0.05, 0.1) is 13.2 Å². The molecule has 2 aliphatic heterocycles. The molecule has 0 atom stereocenters. The van der Waals surface area contributed by atoms with E-state index in [4.69, 9.17) is 47.9 Å². The molecule has 82 heavy (non-hydrogen) atoms. The van der Waals surface area contributed by atoms with Gasteiger partial charge in [0.25, 0.3) is 11.8 Å². The highest BCUT2D eigenvalue weighted by Crippen LogP contribution is 2.51. The molecule has 0 bridgehead atoms. The molecule has 0 aromatic heterocycles. The van der Waals surface area contributed by atoms with Gasteiger partial charge in [-0.3, -0.25) is 19.2 Å². The Kier molecular flexibility index (Phi) is 16.9. The summed E-state index contributed by atoms with van der Waals surface area (Å²) in [5.41, 5.74) is -6.09. The quantitative estimate of drug-likeness (QED) is 0.0912. The van der Waals surface area contributed by atoms with Crippen LogP contribution in [0.1, 0.15) is 131 Å². The molecular weight excluding hydrogens is 1060 g/mol. The van der Waals surface area contributed by atoms with Crippen LogP contribution in [-0.2, 0) is 28.5 Å². The van der Waals surface area contributed by atoms with E-state index in [1.54, 1.807) is 133 Å². The van der Waals surface area contributed by atoms with Crippen molar-refractivity contribution in [3.05, 3.63) is 107 Å². The second-order valence-corrected chi connectivity index (χ2v) is 22.6. The summed E-state index contributed by atoms with van der Waals surface area (Å²) in [5.74, 6) is -5.25. The minimum atomic E-state index is -1.25. The largest absolute Gasteiger partial charge is 0.492 e. The lowest BCUT2D eigenvalue weighted by atomic mass is 10.1. The Hall–Kier alpha value is -9.34. The number of carbonyl (C=O) groups excluding carboxylic acids is 8. The van der Waals surface area contributed by atoms with E-state index in [1.807, 2.05) is 0 Å². The Morgan fingerprint density at radius 3 is 1.00 bits per heavy atom. The predicted octanol–water partition coefficient (Wildman–Crippen LogP) is 12.3. The number of anilines is 4. The molecule has 0 radical (unpaired) electrons. The number of amides is 8. The fourth-order valence-corrected chi connectivity index (χ4v) is 8.22. The molecular formula is C60H66N6O16. The van der Waals surface area contributed by atoms with Crippen LogP contribution in [0, 0.1) is 0 Å². The zero-order valence-electron chi connectivity index (χ0n) is 48.7. The molecule has 0 unspecified atom stereocenters. The first-order chi connectivity index (χ1) is 38.2. The molecule has 0 saturated carbocycles. The first-order valence-electron chi connectivity index (χ1n) is 26.2. The smallest absolute Gasteiger partial charge is 0.422 e. The van der Waals surface area contributed by atoms with Gasteiger partial charge < -0.3 is 37.9 Å². The van der Waals surface area contributed by atoms with E-state index in [0.717, 1.165) is 23.6 Å². The highest BCUT2D eigenvalue weighted by atomic mass is 16.6. The average molecular weight is 1130 g/mol. The highest BCUT2D eigenvalue weighted by Gasteiger charge is 2.43. The highest BCUT2D eigenvalue weighted by molar-refractivity contribution is 6.22. The number of rotatable bonds is 10. The molecule has 432 valence electrons. The van der Waals surface area contributed by atoms with Crippen LogP contribution in [0.25, 0.3) is 0 Å². The summed E-state index contributed by atoms with van der Waals surface area (Å²) < 4.78 is 49.0. The van der Waals surface area contributed by atoms with Crippen molar-refractivity contribution in [3.8, 4) is 34.5 Å². The van der Waals surface area contributed by atoms with Crippen molar-refractivity contribution in [2.75, 3.05) is 32.8 Å². The van der Waals surface area contributed by atoms with Crippen molar-refractivity contribution in [1.29, 1.82) is 0 Å². The van der Waals surface area contributed by atoms with Crippen molar-refractivity contribution in [3.63, 3.8) is 0 Å². The van der Waals surface area contributed by atoms with Crippen molar-refractivity contribution in [2.45, 2.75) is 133 Å². The minimum absolute atomic E-state index is 0.0158. The molecule has 7 rings (SSSR count). The molecule has 0 aliphatic carbocycles. The third-order valence-electron chi connectivity index (χ3n) is 11.2. The molecule has 8 amide bonds. The summed E-state index contributed by atoms with van der Waals surface area (Å²) in [7, 11) is 0. The fraction of sp³-hybridized carbons (Fsp3) is 0.367. The van der Waals surface area contributed by atoms with Crippen molar-refractivity contribution >= 4 is 82.1 Å². The number of benzene rings is 5. The molecule has 0 fully saturated rings. The number of hydrogen-bond acceptors (Lipinski definition) is 18. The van der Waals surface area contributed by atoms with Crippen LogP contribution in [0.5, 0.6) is 34.5 Å². The van der Waals surface area contributed by atoms with Crippen LogP contribution >= 0.6 is 0 Å². The van der Waals surface area contributed by atoms with Gasteiger partial charge in [0.15, 0.2) is 23.0 Å². The number of hydrogen-bond donors (Lipinski definition) is 0. The number of ether oxygens (including phenoxy) is 8. The van der Waals surface area contributed by atoms with Gasteiger partial charge in [-0.2, -0.15) is 0 Å². The Bertz CT molecular complexity index is 3310. The maximum atomic E-state index is 14.7. The van der Waals surface area contributed by atoms with Gasteiger partial charge in [-0.25, -0.2) is 48.8 Å². The third-order valence-corrected chi connectivity index (χ3v) is 11.2. The zero-order chi connectivity index (χ0) is 60.6. The van der Waals surface area contributed by atoms with Crippen molar-refractivity contribution < 1.29 is 76.3 Å². The van der Waals surface area contributed by atoms with E-state index in [-0.39, 0.29) is 70.1 Å². The van der Waals surface area contributed by atoms with Crippen LogP contribution in [0.2, 0.25) is 0 Å². The molecule has 0 N–H and O–H groups in total. The zero-order valence-corrected chi connectivity index (χ0v) is 48.7. The number of carbonyl (C=O) groups is 8. The summed E-state index contributed by atoms with van der Waals surface area (Å²) >= 11 is 0. The monoisotopic (exact) mass is 1130 g/mol. The minimum Gasteiger partial charge on any atom is -0.492 e. The van der Waals surface area contributed by atoms with E-state index in [2.05, 4.69) is 0 Å². The normalized spacial score (nSPS) is 12.3. The standard InChI is InChI=1S/C60H66N6O16/c1-17-75-43-29-37-41(31-39(43)65(55(73)81-59(11,12)13)51(69)35-25-21-19-22-26-35)77-49-45(61-37)47(63(33(3)67)53(71)79-57(5,6)7)50-46(48(49)64(34(4)68)54(72)80-58(8,9)10)62-38-30-44(76-18-2)40(32-42(38)78-50)66(56(74)82-60(14,15)16)52(70)36-27-23-20-24-28-36/h19-32H,17-18H2,1-16H3. The molecule has 22 nitrogen and oxygen atoms in total. The van der Waals surface area contributed by atoms with Crippen LogP contribution in [0.4, 0.5) is 53.3 Å². The molecule has 0 spiro atoms. The van der Waals surface area contributed by atoms with E-state index < -0.39 is 104 Å². The predicted molar refractivity (Wildman–Crippen MR) is 301 cm³/mol. The summed E-state index contributed by atoms with van der Waals surface area (Å²) in [6, 6.07) is 21.0. The Balaban J connectivity index is 1.65. The molecule has 5 aromatic rings. The van der Waals surface area contributed by atoms with Gasteiger partial charge in [-0.15, -0.1) is 0 Å². The van der Waals surface area contributed by atoms with Crippen molar-refractivity contribution in [1.82, 2.24) is 0 Å². The van der Waals surface area contributed by atoms with Gasteiger partial charge in [0.1, 0.15) is 78.7 Å². The van der Waals surface area contributed by atoms with E-state index in [1.165, 1.54) is 48.5 Å². The summed E-state index contributed by atoms with van der Waals surface area (Å²) in [4.78, 5) is 128. The lowest BCUT2D eigenvalue weighted by Crippen LogP contribution is -2.46. The topological polar surface area (TPSA) is 248 Å². The lowest BCUT2D eigenvalue weighted by molar-refractivity contribution is -0.117. The van der Waals surface area contributed by atoms with Gasteiger partial charge >= 0.3 is 24.4 Å². The first-order valence-corrected chi connectivity index (χ1v) is 26.2. The van der Waals surface area contributed by atoms with E-state index in [9.17, 15) is 38.4 Å². The SMILES string of the molecule is CCOc1cc2c(cc1N(C(=O)OC(C)(C)C)C(=O)c1ccccc1)Oc1c(N(C(C)=O)C(=O)OC(C)(C)C)c3c(c(N(C(C)=O)C(=O)OC(C)(C)C)c1=N2)Oc1cc(N(C(=O)OC(C)(C)C)C(=O)c2ccccc2)c(OCC)cc1N=3. The van der Waals surface area contributed by atoms with Crippen molar-refractivity contribution in [2.24, 2.45) is 9.98 Å². The van der Waals surface area contributed by atoms with Gasteiger partial charge in [-0.1, -0.05) is 36.4 Å².